The van der Waals surface area contributed by atoms with Gasteiger partial charge in [0.1, 0.15) is 18.5 Å². The summed E-state index contributed by atoms with van der Waals surface area (Å²) in [5.41, 5.74) is 8.24. The molecule has 2 amide bonds. The van der Waals surface area contributed by atoms with Crippen LogP contribution in [0.1, 0.15) is 25.3 Å². The number of aromatic nitrogens is 3. The van der Waals surface area contributed by atoms with Gasteiger partial charge in [0.05, 0.1) is 24.4 Å². The molecule has 2 N–H and O–H groups in total. The van der Waals surface area contributed by atoms with Gasteiger partial charge in [-0.25, -0.2) is 19.2 Å². The molecular formula is C22H26FN5O3S. The third-order valence-electron chi connectivity index (χ3n) is 5.20. The summed E-state index contributed by atoms with van der Waals surface area (Å²) in [5.74, 6) is 0.0748. The molecule has 10 heteroatoms. The molecule has 1 saturated heterocycles. The SMILES string of the molecule is CC(C)c1ccc(-c2cc3nccnc3c(OC[C@@H]3CN(C(N)=O)CCO3)n2)cc1F.S. The van der Waals surface area contributed by atoms with E-state index in [1.807, 2.05) is 19.9 Å². The van der Waals surface area contributed by atoms with Gasteiger partial charge < -0.3 is 20.1 Å². The Balaban J connectivity index is 0.00000289. The number of primary amides is 1. The zero-order valence-corrected chi connectivity index (χ0v) is 18.9. The molecule has 0 radical (unpaired) electrons. The van der Waals surface area contributed by atoms with Crippen molar-refractivity contribution in [2.45, 2.75) is 25.9 Å². The summed E-state index contributed by atoms with van der Waals surface area (Å²) in [7, 11) is 0. The van der Waals surface area contributed by atoms with Crippen LogP contribution >= 0.6 is 13.5 Å². The summed E-state index contributed by atoms with van der Waals surface area (Å²) in [6, 6.07) is 6.34. The summed E-state index contributed by atoms with van der Waals surface area (Å²) < 4.78 is 26.1. The quantitative estimate of drug-likeness (QED) is 0.628. The van der Waals surface area contributed by atoms with Crippen LogP contribution in [0.2, 0.25) is 0 Å². The molecule has 3 heterocycles. The molecule has 0 spiro atoms. The lowest BCUT2D eigenvalue weighted by Gasteiger charge is -2.31. The highest BCUT2D eigenvalue weighted by Gasteiger charge is 2.24. The maximum absolute atomic E-state index is 14.5. The van der Waals surface area contributed by atoms with Crippen LogP contribution in [0, 0.1) is 5.82 Å². The van der Waals surface area contributed by atoms with Crippen molar-refractivity contribution in [2.75, 3.05) is 26.3 Å². The number of rotatable bonds is 5. The molecule has 1 aliphatic rings. The maximum Gasteiger partial charge on any atom is 0.314 e. The van der Waals surface area contributed by atoms with Crippen LogP contribution in [0.15, 0.2) is 36.7 Å². The second-order valence-corrected chi connectivity index (χ2v) is 7.72. The van der Waals surface area contributed by atoms with Crippen LogP contribution in [0.25, 0.3) is 22.3 Å². The fourth-order valence-electron chi connectivity index (χ4n) is 3.54. The summed E-state index contributed by atoms with van der Waals surface area (Å²) in [4.78, 5) is 26.2. The molecule has 1 atom stereocenters. The number of nitrogens with zero attached hydrogens (tertiary/aromatic N) is 4. The molecule has 170 valence electrons. The Hall–Kier alpha value is -2.98. The van der Waals surface area contributed by atoms with Gasteiger partial charge in [-0.05, 0) is 23.6 Å². The van der Waals surface area contributed by atoms with Gasteiger partial charge in [0.2, 0.25) is 5.88 Å². The number of hydrogen-bond donors (Lipinski definition) is 1. The molecule has 4 rings (SSSR count). The van der Waals surface area contributed by atoms with Crippen molar-refractivity contribution in [1.82, 2.24) is 19.9 Å². The fraction of sp³-hybridized carbons (Fsp3) is 0.364. The lowest BCUT2D eigenvalue weighted by Crippen LogP contribution is -2.49. The average molecular weight is 460 g/mol. The Kier molecular flexibility index (Phi) is 7.47. The largest absolute Gasteiger partial charge is 0.473 e. The molecule has 0 saturated carbocycles. The van der Waals surface area contributed by atoms with Crippen LogP contribution in [-0.2, 0) is 4.74 Å². The number of hydrogen-bond acceptors (Lipinski definition) is 6. The minimum Gasteiger partial charge on any atom is -0.473 e. The monoisotopic (exact) mass is 459 g/mol. The van der Waals surface area contributed by atoms with Gasteiger partial charge in [-0.15, -0.1) is 0 Å². The van der Waals surface area contributed by atoms with Crippen molar-refractivity contribution in [3.8, 4) is 17.1 Å². The van der Waals surface area contributed by atoms with Crippen molar-refractivity contribution in [2.24, 2.45) is 5.73 Å². The number of benzene rings is 1. The Morgan fingerprint density at radius 1 is 1.31 bits per heavy atom. The number of carbonyl (C=O) groups excluding carboxylic acids is 1. The molecule has 1 aromatic carbocycles. The van der Waals surface area contributed by atoms with E-state index in [0.29, 0.717) is 47.6 Å². The molecular weight excluding hydrogens is 433 g/mol. The zero-order valence-electron chi connectivity index (χ0n) is 17.9. The van der Waals surface area contributed by atoms with E-state index >= 15 is 0 Å². The number of halogens is 1. The first-order chi connectivity index (χ1) is 14.9. The van der Waals surface area contributed by atoms with E-state index in [9.17, 15) is 9.18 Å². The first kappa shape index (κ1) is 23.7. The Morgan fingerprint density at radius 3 is 2.81 bits per heavy atom. The number of carbonyl (C=O) groups is 1. The maximum atomic E-state index is 14.5. The lowest BCUT2D eigenvalue weighted by atomic mass is 9.99. The molecule has 2 aromatic heterocycles. The summed E-state index contributed by atoms with van der Waals surface area (Å²) >= 11 is 0. The number of nitrogens with two attached hydrogens (primary N) is 1. The highest BCUT2D eigenvalue weighted by molar-refractivity contribution is 7.59. The predicted octanol–water partition coefficient (Wildman–Crippen LogP) is 3.23. The predicted molar refractivity (Wildman–Crippen MR) is 124 cm³/mol. The van der Waals surface area contributed by atoms with E-state index < -0.39 is 6.03 Å². The van der Waals surface area contributed by atoms with Gasteiger partial charge in [0, 0.05) is 24.5 Å². The molecule has 3 aromatic rings. The van der Waals surface area contributed by atoms with E-state index in [-0.39, 0.29) is 43.8 Å². The molecule has 32 heavy (non-hydrogen) atoms. The molecule has 0 unspecified atom stereocenters. The van der Waals surface area contributed by atoms with Gasteiger partial charge in [-0.1, -0.05) is 26.0 Å². The van der Waals surface area contributed by atoms with Gasteiger partial charge in [0.15, 0.2) is 5.52 Å². The third-order valence-corrected chi connectivity index (χ3v) is 5.20. The first-order valence-electron chi connectivity index (χ1n) is 10.1. The minimum absolute atomic E-state index is 0. The van der Waals surface area contributed by atoms with Crippen LogP contribution in [-0.4, -0.2) is 58.3 Å². The Labute approximate surface area is 192 Å². The van der Waals surface area contributed by atoms with Crippen LogP contribution < -0.4 is 10.5 Å². The zero-order chi connectivity index (χ0) is 22.0. The average Bonchev–Trinajstić information content (AvgIpc) is 2.77. The van der Waals surface area contributed by atoms with E-state index in [1.54, 1.807) is 24.5 Å². The van der Waals surface area contributed by atoms with Crippen LogP contribution in [0.5, 0.6) is 5.88 Å². The van der Waals surface area contributed by atoms with Crippen molar-refractivity contribution in [1.29, 1.82) is 0 Å². The molecule has 0 aliphatic carbocycles. The summed E-state index contributed by atoms with van der Waals surface area (Å²) in [6.07, 6.45) is 2.79. The number of amides is 2. The van der Waals surface area contributed by atoms with Crippen molar-refractivity contribution in [3.63, 3.8) is 0 Å². The van der Waals surface area contributed by atoms with Gasteiger partial charge in [0.25, 0.3) is 0 Å². The van der Waals surface area contributed by atoms with E-state index in [1.165, 1.54) is 11.0 Å². The smallest absolute Gasteiger partial charge is 0.314 e. The van der Waals surface area contributed by atoms with E-state index in [0.717, 1.165) is 0 Å². The van der Waals surface area contributed by atoms with Crippen LogP contribution in [0.4, 0.5) is 9.18 Å². The van der Waals surface area contributed by atoms with Crippen molar-refractivity contribution < 1.29 is 18.7 Å². The van der Waals surface area contributed by atoms with E-state index in [2.05, 4.69) is 15.0 Å². The van der Waals surface area contributed by atoms with Crippen molar-refractivity contribution in [3.05, 3.63) is 48.0 Å². The lowest BCUT2D eigenvalue weighted by molar-refractivity contribution is -0.0346. The Bertz CT molecular complexity index is 1110. The number of fused-ring (bicyclic) bond motifs is 1. The first-order valence-corrected chi connectivity index (χ1v) is 10.1. The van der Waals surface area contributed by atoms with Crippen LogP contribution in [0.3, 0.4) is 0 Å². The summed E-state index contributed by atoms with van der Waals surface area (Å²) in [6.45, 7) is 5.21. The second-order valence-electron chi connectivity index (χ2n) is 7.72. The minimum atomic E-state index is -0.489. The van der Waals surface area contributed by atoms with Gasteiger partial charge >= 0.3 is 6.03 Å². The number of ether oxygens (including phenoxy) is 2. The Morgan fingerprint density at radius 2 is 2.09 bits per heavy atom. The molecule has 0 bridgehead atoms. The molecule has 8 nitrogen and oxygen atoms in total. The number of urea groups is 1. The van der Waals surface area contributed by atoms with Crippen molar-refractivity contribution >= 4 is 30.6 Å². The van der Waals surface area contributed by atoms with Gasteiger partial charge in [-0.3, -0.25) is 4.98 Å². The fourth-order valence-corrected chi connectivity index (χ4v) is 3.54. The number of morpholine rings is 1. The summed E-state index contributed by atoms with van der Waals surface area (Å²) in [5, 5.41) is 0. The highest BCUT2D eigenvalue weighted by Crippen LogP contribution is 2.29. The van der Waals surface area contributed by atoms with Gasteiger partial charge in [-0.2, -0.15) is 13.5 Å². The molecule has 1 fully saturated rings. The second kappa shape index (κ2) is 10.1. The third kappa shape index (κ3) is 5.08. The number of pyridine rings is 1. The highest BCUT2D eigenvalue weighted by atomic mass is 32.1. The standard InChI is InChI=1S/C22H24FN5O3.H2S/c1-13(2)16-4-3-14(9-17(16)23)18-10-19-20(26-6-5-25-19)21(27-18)31-12-15-11-28(22(24)29)7-8-30-15;/h3-6,9-10,13,15H,7-8,11-12H2,1-2H3,(H2,24,29);1H2/t15-;/m0./s1. The topological polar surface area (TPSA) is 103 Å². The normalized spacial score (nSPS) is 16.1. The van der Waals surface area contributed by atoms with E-state index in [4.69, 9.17) is 15.2 Å². The molecule has 1 aliphatic heterocycles.